The molecule has 0 aliphatic heterocycles. The van der Waals surface area contributed by atoms with Crippen molar-refractivity contribution in [2.75, 3.05) is 0 Å². The zero-order valence-electron chi connectivity index (χ0n) is 12.0. The van der Waals surface area contributed by atoms with E-state index in [9.17, 15) is 14.9 Å². The predicted molar refractivity (Wildman–Crippen MR) is 92.8 cm³/mol. The van der Waals surface area contributed by atoms with Crippen LogP contribution in [-0.2, 0) is 0 Å². The van der Waals surface area contributed by atoms with Crippen molar-refractivity contribution in [3.05, 3.63) is 68.3 Å². The minimum Gasteiger partial charge on any atom is -0.266 e. The van der Waals surface area contributed by atoms with Gasteiger partial charge in [0.05, 0.1) is 21.9 Å². The summed E-state index contributed by atoms with van der Waals surface area (Å²) in [4.78, 5) is 26.8. The minimum atomic E-state index is -0.496. The molecule has 3 aromatic rings. The number of carbonyl (C=O) groups is 1. The van der Waals surface area contributed by atoms with Crippen LogP contribution in [-0.4, -0.2) is 22.0 Å². The highest BCUT2D eigenvalue weighted by Crippen LogP contribution is 2.37. The lowest BCUT2D eigenvalue weighted by atomic mass is 10.2. The van der Waals surface area contributed by atoms with Crippen LogP contribution in [0.2, 0.25) is 5.02 Å². The largest absolute Gasteiger partial charge is 0.283 e. The Bertz CT molecular complexity index is 956. The number of aromatic nitrogens is 1. The highest BCUT2D eigenvalue weighted by atomic mass is 35.5. The molecule has 3 rings (SSSR count). The lowest BCUT2D eigenvalue weighted by molar-refractivity contribution is -0.384. The summed E-state index contributed by atoms with van der Waals surface area (Å²) >= 11 is 7.27. The molecule has 120 valence electrons. The number of thiophene rings is 1. The number of hydrogen-bond acceptors (Lipinski definition) is 6. The van der Waals surface area contributed by atoms with Crippen molar-refractivity contribution >= 4 is 50.8 Å². The molecule has 9 heteroatoms. The van der Waals surface area contributed by atoms with Gasteiger partial charge in [0.15, 0.2) is 0 Å². The van der Waals surface area contributed by atoms with Gasteiger partial charge in [-0.05, 0) is 18.2 Å². The molecule has 0 spiro atoms. The predicted octanol–water partition coefficient (Wildman–Crippen LogP) is 3.62. The van der Waals surface area contributed by atoms with Crippen molar-refractivity contribution in [2.45, 2.75) is 0 Å². The lowest BCUT2D eigenvalue weighted by Gasteiger charge is -1.97. The van der Waals surface area contributed by atoms with Crippen LogP contribution in [0.4, 0.5) is 5.69 Å². The molecule has 0 saturated heterocycles. The van der Waals surface area contributed by atoms with Gasteiger partial charge < -0.3 is 0 Å². The van der Waals surface area contributed by atoms with Crippen molar-refractivity contribution in [3.8, 4) is 0 Å². The van der Waals surface area contributed by atoms with E-state index in [1.54, 1.807) is 24.4 Å². The van der Waals surface area contributed by atoms with E-state index in [0.29, 0.717) is 15.8 Å². The molecule has 0 bridgehead atoms. The number of benzene rings is 1. The van der Waals surface area contributed by atoms with Crippen LogP contribution in [0.5, 0.6) is 0 Å². The first kappa shape index (κ1) is 16.0. The van der Waals surface area contributed by atoms with Crippen LogP contribution >= 0.6 is 22.9 Å². The van der Waals surface area contributed by atoms with Gasteiger partial charge in [-0.2, -0.15) is 5.10 Å². The average molecular weight is 361 g/mol. The van der Waals surface area contributed by atoms with Gasteiger partial charge in [0.2, 0.25) is 0 Å². The second-order valence-electron chi connectivity index (χ2n) is 4.64. The monoisotopic (exact) mass is 360 g/mol. The molecule has 2 heterocycles. The summed E-state index contributed by atoms with van der Waals surface area (Å²) in [6.07, 6.45) is 3.02. The third-order valence-corrected chi connectivity index (χ3v) is 4.74. The maximum atomic E-state index is 12.2. The minimum absolute atomic E-state index is 0.0550. The lowest BCUT2D eigenvalue weighted by Crippen LogP contribution is -2.16. The number of nitrogens with one attached hydrogen (secondary N) is 1. The Kier molecular flexibility index (Phi) is 4.50. The van der Waals surface area contributed by atoms with E-state index in [1.807, 2.05) is 0 Å². The molecule has 0 saturated carbocycles. The number of pyridine rings is 1. The van der Waals surface area contributed by atoms with Crippen molar-refractivity contribution in [1.29, 1.82) is 0 Å². The van der Waals surface area contributed by atoms with Gasteiger partial charge in [0.25, 0.3) is 11.6 Å². The fraction of sp³-hybridized carbons (Fsp3) is 0. The van der Waals surface area contributed by atoms with E-state index in [4.69, 9.17) is 11.6 Å². The third kappa shape index (κ3) is 3.24. The maximum absolute atomic E-state index is 12.2. The first-order valence-corrected chi connectivity index (χ1v) is 7.86. The molecule has 0 unspecified atom stereocenters. The molecule has 1 aromatic carbocycles. The highest BCUT2D eigenvalue weighted by Gasteiger charge is 2.18. The van der Waals surface area contributed by atoms with Gasteiger partial charge in [-0.25, -0.2) is 5.43 Å². The molecule has 24 heavy (non-hydrogen) atoms. The number of nitrogens with zero attached hydrogens (tertiary/aromatic N) is 3. The SMILES string of the molecule is O=C(N/N=C/c1ccccn1)c1sc2cc([N+](=O)[O-])ccc2c1Cl. The summed E-state index contributed by atoms with van der Waals surface area (Å²) in [7, 11) is 0. The van der Waals surface area contributed by atoms with E-state index in [-0.39, 0.29) is 15.6 Å². The van der Waals surface area contributed by atoms with Crippen LogP contribution < -0.4 is 5.43 Å². The Morgan fingerprint density at radius 3 is 2.92 bits per heavy atom. The summed E-state index contributed by atoms with van der Waals surface area (Å²) in [5.41, 5.74) is 2.91. The molecule has 0 radical (unpaired) electrons. The van der Waals surface area contributed by atoms with Crippen molar-refractivity contribution in [1.82, 2.24) is 10.4 Å². The first-order chi connectivity index (χ1) is 11.6. The number of nitro groups is 1. The number of hydrazone groups is 1. The number of hydrogen-bond donors (Lipinski definition) is 1. The van der Waals surface area contributed by atoms with Crippen LogP contribution in [0, 0.1) is 10.1 Å². The zero-order valence-corrected chi connectivity index (χ0v) is 13.5. The second-order valence-corrected chi connectivity index (χ2v) is 6.07. The molecular weight excluding hydrogens is 352 g/mol. The van der Waals surface area contributed by atoms with Crippen LogP contribution in [0.3, 0.4) is 0 Å². The van der Waals surface area contributed by atoms with Crippen LogP contribution in [0.15, 0.2) is 47.7 Å². The second kappa shape index (κ2) is 6.73. The van der Waals surface area contributed by atoms with E-state index >= 15 is 0 Å². The Balaban J connectivity index is 1.83. The number of halogens is 1. The maximum Gasteiger partial charge on any atom is 0.283 e. The van der Waals surface area contributed by atoms with Gasteiger partial charge in [0.1, 0.15) is 4.88 Å². The number of rotatable bonds is 4. The van der Waals surface area contributed by atoms with E-state index in [1.165, 1.54) is 24.4 Å². The molecule has 1 N–H and O–H groups in total. The standard InChI is InChI=1S/C15H9ClN4O3S/c16-13-11-5-4-10(20(22)23)7-12(11)24-14(13)15(21)19-18-8-9-3-1-2-6-17-9/h1-8H,(H,19,21)/b18-8+. The summed E-state index contributed by atoms with van der Waals surface area (Å²) in [6, 6.07) is 9.57. The Hall–Kier alpha value is -2.84. The summed E-state index contributed by atoms with van der Waals surface area (Å²) in [5, 5.41) is 15.5. The van der Waals surface area contributed by atoms with Gasteiger partial charge in [-0.3, -0.25) is 19.9 Å². The molecule has 0 fully saturated rings. The Labute approximate surface area is 144 Å². The fourth-order valence-corrected chi connectivity index (χ4v) is 3.41. The Morgan fingerprint density at radius 1 is 1.38 bits per heavy atom. The normalized spacial score (nSPS) is 11.0. The van der Waals surface area contributed by atoms with Gasteiger partial charge in [-0.1, -0.05) is 17.7 Å². The summed E-state index contributed by atoms with van der Waals surface area (Å²) in [5.74, 6) is -0.490. The van der Waals surface area contributed by atoms with Gasteiger partial charge >= 0.3 is 0 Å². The van der Waals surface area contributed by atoms with Crippen molar-refractivity contribution in [3.63, 3.8) is 0 Å². The number of carbonyl (C=O) groups excluding carboxylic acids is 1. The molecule has 2 aromatic heterocycles. The number of non-ortho nitro benzene ring substituents is 1. The third-order valence-electron chi connectivity index (χ3n) is 3.08. The van der Waals surface area contributed by atoms with Crippen molar-refractivity contribution in [2.24, 2.45) is 5.10 Å². The summed E-state index contributed by atoms with van der Waals surface area (Å²) in [6.45, 7) is 0. The fourth-order valence-electron chi connectivity index (χ4n) is 1.97. The van der Waals surface area contributed by atoms with Gasteiger partial charge in [0, 0.05) is 28.4 Å². The molecule has 0 atom stereocenters. The smallest absolute Gasteiger partial charge is 0.266 e. The molecular formula is C15H9ClN4O3S. The quantitative estimate of drug-likeness (QED) is 0.436. The van der Waals surface area contributed by atoms with Crippen molar-refractivity contribution < 1.29 is 9.72 Å². The van der Waals surface area contributed by atoms with E-state index in [0.717, 1.165) is 11.3 Å². The topological polar surface area (TPSA) is 97.5 Å². The Morgan fingerprint density at radius 2 is 2.21 bits per heavy atom. The molecule has 7 nitrogen and oxygen atoms in total. The summed E-state index contributed by atoms with van der Waals surface area (Å²) < 4.78 is 0.563. The number of nitro benzene ring substituents is 1. The van der Waals surface area contributed by atoms with Crippen LogP contribution in [0.25, 0.3) is 10.1 Å². The number of amides is 1. The van der Waals surface area contributed by atoms with Crippen LogP contribution in [0.1, 0.15) is 15.4 Å². The number of fused-ring (bicyclic) bond motifs is 1. The first-order valence-electron chi connectivity index (χ1n) is 6.67. The van der Waals surface area contributed by atoms with Gasteiger partial charge in [-0.15, -0.1) is 11.3 Å². The molecule has 0 aliphatic carbocycles. The van der Waals surface area contributed by atoms with E-state index in [2.05, 4.69) is 15.5 Å². The van der Waals surface area contributed by atoms with E-state index < -0.39 is 10.8 Å². The molecule has 1 amide bonds. The average Bonchev–Trinajstić information content (AvgIpc) is 2.92. The molecule has 0 aliphatic rings. The highest BCUT2D eigenvalue weighted by molar-refractivity contribution is 7.21. The zero-order chi connectivity index (χ0) is 17.1.